The molecule has 1 atom stereocenters. The second kappa shape index (κ2) is 5.38. The predicted octanol–water partition coefficient (Wildman–Crippen LogP) is 4.67. The number of hydrogen-bond acceptors (Lipinski definition) is 2. The van der Waals surface area contributed by atoms with E-state index in [1.807, 2.05) is 25.2 Å². The van der Waals surface area contributed by atoms with Gasteiger partial charge in [0.15, 0.2) is 0 Å². The molecule has 0 bridgehead atoms. The first-order chi connectivity index (χ1) is 10.1. The van der Waals surface area contributed by atoms with E-state index in [0.29, 0.717) is 0 Å². The van der Waals surface area contributed by atoms with Gasteiger partial charge in [-0.25, -0.2) is 0 Å². The number of aryl methyl sites for hydroxylation is 3. The fourth-order valence-corrected chi connectivity index (χ4v) is 2.89. The standard InChI is InChI=1S/C19H21NO/c1-12-9-14(3)16(10-13(12)2)19(20-4)18-11-15-7-5-6-8-17(15)21-18/h5-11,19-20H,1-4H3. The summed E-state index contributed by atoms with van der Waals surface area (Å²) >= 11 is 0. The zero-order valence-electron chi connectivity index (χ0n) is 13.0. The molecule has 1 N–H and O–H groups in total. The Balaban J connectivity index is 2.11. The van der Waals surface area contributed by atoms with Gasteiger partial charge in [-0.15, -0.1) is 0 Å². The fraction of sp³-hybridized carbons (Fsp3) is 0.263. The number of benzene rings is 2. The number of hydrogen-bond donors (Lipinski definition) is 1. The summed E-state index contributed by atoms with van der Waals surface area (Å²) in [5, 5.41) is 4.54. The van der Waals surface area contributed by atoms with Gasteiger partial charge in [0.05, 0.1) is 6.04 Å². The first-order valence-corrected chi connectivity index (χ1v) is 7.33. The number of rotatable bonds is 3. The molecule has 0 radical (unpaired) electrons. The van der Waals surface area contributed by atoms with Crippen molar-refractivity contribution in [3.8, 4) is 0 Å². The van der Waals surface area contributed by atoms with Crippen LogP contribution in [0.4, 0.5) is 0 Å². The zero-order valence-corrected chi connectivity index (χ0v) is 13.0. The molecule has 0 saturated heterocycles. The highest BCUT2D eigenvalue weighted by atomic mass is 16.3. The second-order valence-electron chi connectivity index (χ2n) is 5.70. The van der Waals surface area contributed by atoms with Crippen LogP contribution >= 0.6 is 0 Å². The lowest BCUT2D eigenvalue weighted by Crippen LogP contribution is -2.18. The van der Waals surface area contributed by atoms with E-state index in [9.17, 15) is 0 Å². The van der Waals surface area contributed by atoms with E-state index < -0.39 is 0 Å². The maximum atomic E-state index is 6.04. The van der Waals surface area contributed by atoms with Crippen molar-refractivity contribution in [1.82, 2.24) is 5.32 Å². The van der Waals surface area contributed by atoms with Gasteiger partial charge in [-0.3, -0.25) is 0 Å². The Kier molecular flexibility index (Phi) is 3.56. The second-order valence-corrected chi connectivity index (χ2v) is 5.70. The molecule has 0 saturated carbocycles. The van der Waals surface area contributed by atoms with Crippen molar-refractivity contribution in [2.45, 2.75) is 26.8 Å². The van der Waals surface area contributed by atoms with Crippen LogP contribution in [0.2, 0.25) is 0 Å². The highest BCUT2D eigenvalue weighted by Crippen LogP contribution is 2.30. The van der Waals surface area contributed by atoms with E-state index in [0.717, 1.165) is 16.7 Å². The monoisotopic (exact) mass is 279 g/mol. The summed E-state index contributed by atoms with van der Waals surface area (Å²) in [6.45, 7) is 6.47. The molecule has 2 heteroatoms. The Labute approximate surface area is 125 Å². The molecular weight excluding hydrogens is 258 g/mol. The van der Waals surface area contributed by atoms with Crippen molar-refractivity contribution in [2.75, 3.05) is 7.05 Å². The highest BCUT2D eigenvalue weighted by molar-refractivity contribution is 5.78. The maximum absolute atomic E-state index is 6.04. The van der Waals surface area contributed by atoms with Crippen LogP contribution in [0.15, 0.2) is 46.9 Å². The number of para-hydroxylation sites is 1. The van der Waals surface area contributed by atoms with Gasteiger partial charge in [-0.05, 0) is 62.2 Å². The van der Waals surface area contributed by atoms with Crippen molar-refractivity contribution in [1.29, 1.82) is 0 Å². The third-order valence-electron chi connectivity index (χ3n) is 4.21. The number of furan rings is 1. The molecule has 0 aliphatic carbocycles. The van der Waals surface area contributed by atoms with Crippen LogP contribution in [0, 0.1) is 20.8 Å². The fourth-order valence-electron chi connectivity index (χ4n) is 2.89. The Morgan fingerprint density at radius 2 is 1.62 bits per heavy atom. The van der Waals surface area contributed by atoms with E-state index in [2.05, 4.69) is 50.4 Å². The number of nitrogens with one attached hydrogen (secondary N) is 1. The average Bonchev–Trinajstić information content (AvgIpc) is 2.88. The van der Waals surface area contributed by atoms with E-state index in [4.69, 9.17) is 4.42 Å². The molecule has 3 aromatic rings. The van der Waals surface area contributed by atoms with Crippen molar-refractivity contribution in [3.05, 3.63) is 70.5 Å². The highest BCUT2D eigenvalue weighted by Gasteiger charge is 2.19. The molecule has 2 aromatic carbocycles. The Morgan fingerprint density at radius 3 is 2.33 bits per heavy atom. The lowest BCUT2D eigenvalue weighted by atomic mass is 9.94. The molecule has 2 nitrogen and oxygen atoms in total. The minimum atomic E-state index is 0.0803. The van der Waals surface area contributed by atoms with Gasteiger partial charge in [0.1, 0.15) is 11.3 Å². The van der Waals surface area contributed by atoms with Crippen LogP contribution < -0.4 is 5.32 Å². The summed E-state index contributed by atoms with van der Waals surface area (Å²) in [4.78, 5) is 0. The van der Waals surface area contributed by atoms with Crippen LogP contribution in [-0.4, -0.2) is 7.05 Å². The third-order valence-corrected chi connectivity index (χ3v) is 4.21. The van der Waals surface area contributed by atoms with Crippen LogP contribution in [-0.2, 0) is 0 Å². The molecular formula is C19H21NO. The lowest BCUT2D eigenvalue weighted by molar-refractivity contribution is 0.490. The van der Waals surface area contributed by atoms with Crippen molar-refractivity contribution < 1.29 is 4.42 Å². The van der Waals surface area contributed by atoms with Crippen molar-refractivity contribution in [3.63, 3.8) is 0 Å². The average molecular weight is 279 g/mol. The molecule has 0 spiro atoms. The molecule has 1 aromatic heterocycles. The summed E-state index contributed by atoms with van der Waals surface area (Å²) in [5.74, 6) is 0.963. The van der Waals surface area contributed by atoms with Gasteiger partial charge in [-0.2, -0.15) is 0 Å². The van der Waals surface area contributed by atoms with Gasteiger partial charge in [0.2, 0.25) is 0 Å². The Hall–Kier alpha value is -2.06. The molecule has 0 aliphatic rings. The Bertz CT molecular complexity index is 752. The summed E-state index contributed by atoms with van der Waals surface area (Å²) in [5.41, 5.74) is 6.15. The van der Waals surface area contributed by atoms with Gasteiger partial charge < -0.3 is 9.73 Å². The van der Waals surface area contributed by atoms with E-state index in [-0.39, 0.29) is 6.04 Å². The molecule has 1 unspecified atom stereocenters. The molecule has 1 heterocycles. The normalized spacial score (nSPS) is 12.8. The third kappa shape index (κ3) is 2.47. The molecule has 0 aliphatic heterocycles. The first kappa shape index (κ1) is 13.9. The van der Waals surface area contributed by atoms with Crippen LogP contribution in [0.3, 0.4) is 0 Å². The molecule has 0 fully saturated rings. The van der Waals surface area contributed by atoms with Gasteiger partial charge >= 0.3 is 0 Å². The lowest BCUT2D eigenvalue weighted by Gasteiger charge is -2.18. The molecule has 3 rings (SSSR count). The van der Waals surface area contributed by atoms with Crippen molar-refractivity contribution in [2.24, 2.45) is 0 Å². The maximum Gasteiger partial charge on any atom is 0.134 e. The molecule has 21 heavy (non-hydrogen) atoms. The summed E-state index contributed by atoms with van der Waals surface area (Å²) in [7, 11) is 1.98. The summed E-state index contributed by atoms with van der Waals surface area (Å²) in [6.07, 6.45) is 0. The molecule has 108 valence electrons. The van der Waals surface area contributed by atoms with Crippen LogP contribution in [0.1, 0.15) is 34.1 Å². The topological polar surface area (TPSA) is 25.2 Å². The van der Waals surface area contributed by atoms with Gasteiger partial charge in [0, 0.05) is 5.39 Å². The Morgan fingerprint density at radius 1 is 0.905 bits per heavy atom. The first-order valence-electron chi connectivity index (χ1n) is 7.33. The zero-order chi connectivity index (χ0) is 15.0. The minimum absolute atomic E-state index is 0.0803. The molecule has 0 amide bonds. The van der Waals surface area contributed by atoms with Gasteiger partial charge in [-0.1, -0.05) is 30.3 Å². The summed E-state index contributed by atoms with van der Waals surface area (Å²) < 4.78 is 6.04. The van der Waals surface area contributed by atoms with Crippen LogP contribution in [0.25, 0.3) is 11.0 Å². The SMILES string of the molecule is CNC(c1cc2ccccc2o1)c1cc(C)c(C)cc1C. The van der Waals surface area contributed by atoms with E-state index in [1.165, 1.54) is 22.3 Å². The van der Waals surface area contributed by atoms with Crippen LogP contribution in [0.5, 0.6) is 0 Å². The minimum Gasteiger partial charge on any atom is -0.459 e. The largest absolute Gasteiger partial charge is 0.459 e. The van der Waals surface area contributed by atoms with Gasteiger partial charge in [0.25, 0.3) is 0 Å². The number of fused-ring (bicyclic) bond motifs is 1. The quantitative estimate of drug-likeness (QED) is 0.754. The van der Waals surface area contributed by atoms with E-state index >= 15 is 0 Å². The summed E-state index contributed by atoms with van der Waals surface area (Å²) in [6, 6.07) is 14.9. The predicted molar refractivity (Wildman–Crippen MR) is 87.8 cm³/mol. The van der Waals surface area contributed by atoms with Crippen molar-refractivity contribution >= 4 is 11.0 Å². The van der Waals surface area contributed by atoms with E-state index in [1.54, 1.807) is 0 Å². The smallest absolute Gasteiger partial charge is 0.134 e.